The van der Waals surface area contributed by atoms with Crippen molar-refractivity contribution >= 4 is 11.6 Å². The monoisotopic (exact) mass is 347 g/mol. The molecule has 1 aliphatic rings. The second-order valence-electron chi connectivity index (χ2n) is 6.09. The number of hydrogen-bond acceptors (Lipinski definition) is 4. The molecule has 0 unspecified atom stereocenters. The van der Waals surface area contributed by atoms with Crippen LogP contribution >= 0.6 is 0 Å². The van der Waals surface area contributed by atoms with Gasteiger partial charge in [0, 0.05) is 24.7 Å². The average Bonchev–Trinajstić information content (AvgIpc) is 2.61. The van der Waals surface area contributed by atoms with Gasteiger partial charge in [-0.2, -0.15) is 0 Å². The lowest BCUT2D eigenvalue weighted by Crippen LogP contribution is -2.35. The predicted molar refractivity (Wildman–Crippen MR) is 89.7 cm³/mol. The van der Waals surface area contributed by atoms with Gasteiger partial charge in [0.05, 0.1) is 11.9 Å². The van der Waals surface area contributed by atoms with Crippen LogP contribution in [0.2, 0.25) is 0 Å². The number of pyridine rings is 1. The molecule has 3 rings (SSSR count). The Balaban J connectivity index is 1.58. The van der Waals surface area contributed by atoms with E-state index in [0.717, 1.165) is 38.1 Å². The second kappa shape index (κ2) is 7.57. The zero-order chi connectivity index (χ0) is 17.8. The van der Waals surface area contributed by atoms with Crippen molar-refractivity contribution < 1.29 is 18.3 Å². The highest BCUT2D eigenvalue weighted by Gasteiger charge is 2.18. The van der Waals surface area contributed by atoms with Gasteiger partial charge in [0.1, 0.15) is 6.10 Å². The highest BCUT2D eigenvalue weighted by Crippen LogP contribution is 2.18. The molecule has 0 bridgehead atoms. The molecule has 1 amide bonds. The fraction of sp³-hybridized carbons (Fsp3) is 0.333. The lowest BCUT2D eigenvalue weighted by atomic mass is 10.1. The van der Waals surface area contributed by atoms with Gasteiger partial charge in [0.25, 0.3) is 5.91 Å². The van der Waals surface area contributed by atoms with Crippen LogP contribution in [-0.4, -0.2) is 42.0 Å². The number of nitrogens with zero attached hydrogens (tertiary/aromatic N) is 2. The molecule has 1 aromatic heterocycles. The van der Waals surface area contributed by atoms with Crippen molar-refractivity contribution in [3.05, 3.63) is 53.7 Å². The molecular formula is C18H19F2N3O2. The van der Waals surface area contributed by atoms with E-state index < -0.39 is 17.5 Å². The number of amides is 1. The molecule has 1 fully saturated rings. The van der Waals surface area contributed by atoms with Crippen molar-refractivity contribution in [1.29, 1.82) is 0 Å². The summed E-state index contributed by atoms with van der Waals surface area (Å²) < 4.78 is 31.9. The molecule has 1 aromatic carbocycles. The van der Waals surface area contributed by atoms with Crippen LogP contribution in [0.25, 0.3) is 0 Å². The number of piperidine rings is 1. The van der Waals surface area contributed by atoms with E-state index in [1.807, 2.05) is 0 Å². The zero-order valence-electron chi connectivity index (χ0n) is 13.8. The molecule has 0 saturated carbocycles. The summed E-state index contributed by atoms with van der Waals surface area (Å²) in [4.78, 5) is 18.5. The Hall–Kier alpha value is -2.54. The molecule has 25 heavy (non-hydrogen) atoms. The minimum Gasteiger partial charge on any atom is -0.474 e. The van der Waals surface area contributed by atoms with Gasteiger partial charge < -0.3 is 15.0 Å². The summed E-state index contributed by atoms with van der Waals surface area (Å²) in [5.41, 5.74) is 0.482. The van der Waals surface area contributed by atoms with Crippen LogP contribution < -0.4 is 10.1 Å². The van der Waals surface area contributed by atoms with Gasteiger partial charge in [-0.1, -0.05) is 0 Å². The lowest BCUT2D eigenvalue weighted by Gasteiger charge is -2.28. The third-order valence-electron chi connectivity index (χ3n) is 4.13. The van der Waals surface area contributed by atoms with Crippen molar-refractivity contribution in [3.8, 4) is 5.88 Å². The first-order valence-corrected chi connectivity index (χ1v) is 8.09. The van der Waals surface area contributed by atoms with Crippen LogP contribution in [0.1, 0.15) is 23.2 Å². The van der Waals surface area contributed by atoms with Crippen molar-refractivity contribution in [2.24, 2.45) is 0 Å². The van der Waals surface area contributed by atoms with Crippen molar-refractivity contribution in [3.63, 3.8) is 0 Å². The van der Waals surface area contributed by atoms with Crippen LogP contribution in [0, 0.1) is 11.6 Å². The highest BCUT2D eigenvalue weighted by molar-refractivity contribution is 6.04. The predicted octanol–water partition coefficient (Wildman–Crippen LogP) is 3.09. The number of hydrogen-bond donors (Lipinski definition) is 1. The first-order valence-electron chi connectivity index (χ1n) is 8.09. The second-order valence-corrected chi connectivity index (χ2v) is 6.09. The van der Waals surface area contributed by atoms with Crippen LogP contribution in [-0.2, 0) is 0 Å². The maximum atomic E-state index is 13.2. The lowest BCUT2D eigenvalue weighted by molar-refractivity contribution is 0.102. The Kier molecular flexibility index (Phi) is 5.23. The van der Waals surface area contributed by atoms with Crippen LogP contribution in [0.3, 0.4) is 0 Å². The normalized spacial score (nSPS) is 15.8. The summed E-state index contributed by atoms with van der Waals surface area (Å²) in [6, 6.07) is 6.34. The molecule has 2 aromatic rings. The van der Waals surface area contributed by atoms with E-state index in [1.54, 1.807) is 12.1 Å². The van der Waals surface area contributed by atoms with Crippen molar-refractivity contribution in [1.82, 2.24) is 9.88 Å². The van der Waals surface area contributed by atoms with E-state index in [9.17, 15) is 13.6 Å². The average molecular weight is 347 g/mol. The van der Waals surface area contributed by atoms with E-state index in [4.69, 9.17) is 4.74 Å². The molecule has 1 aliphatic heterocycles. The summed E-state index contributed by atoms with van der Waals surface area (Å²) >= 11 is 0. The Morgan fingerprint density at radius 2 is 1.96 bits per heavy atom. The number of carbonyl (C=O) groups is 1. The summed E-state index contributed by atoms with van der Waals surface area (Å²) in [5, 5.41) is 2.59. The molecule has 5 nitrogen and oxygen atoms in total. The number of halogens is 2. The molecule has 132 valence electrons. The highest BCUT2D eigenvalue weighted by atomic mass is 19.2. The van der Waals surface area contributed by atoms with Crippen molar-refractivity contribution in [2.75, 3.05) is 25.5 Å². The molecule has 1 N–H and O–H groups in total. The van der Waals surface area contributed by atoms with Crippen LogP contribution in [0.4, 0.5) is 14.5 Å². The smallest absolute Gasteiger partial charge is 0.255 e. The number of likely N-dealkylation sites (tertiary alicyclic amines) is 1. The standard InChI is InChI=1S/C18H19F2N3O2/c1-23-8-6-14(7-9-23)25-17-5-3-13(11-21-17)22-18(24)12-2-4-15(19)16(20)10-12/h2-5,10-11,14H,6-9H2,1H3,(H,22,24). The fourth-order valence-corrected chi connectivity index (χ4v) is 2.64. The van der Waals surface area contributed by atoms with Gasteiger partial charge in [-0.25, -0.2) is 13.8 Å². The number of benzene rings is 1. The van der Waals surface area contributed by atoms with E-state index in [0.29, 0.717) is 11.6 Å². The summed E-state index contributed by atoms with van der Waals surface area (Å²) in [7, 11) is 2.08. The van der Waals surface area contributed by atoms with Gasteiger partial charge in [-0.15, -0.1) is 0 Å². The van der Waals surface area contributed by atoms with E-state index in [2.05, 4.69) is 22.2 Å². The molecule has 0 aliphatic carbocycles. The van der Waals surface area contributed by atoms with Gasteiger partial charge in [0.2, 0.25) is 5.88 Å². The van der Waals surface area contributed by atoms with Gasteiger partial charge in [-0.3, -0.25) is 4.79 Å². The zero-order valence-corrected chi connectivity index (χ0v) is 13.8. The molecule has 1 saturated heterocycles. The molecule has 0 radical (unpaired) electrons. The largest absolute Gasteiger partial charge is 0.474 e. The number of ether oxygens (including phenoxy) is 1. The Bertz CT molecular complexity index is 744. The van der Waals surface area contributed by atoms with E-state index >= 15 is 0 Å². The van der Waals surface area contributed by atoms with Crippen LogP contribution in [0.15, 0.2) is 36.5 Å². The SMILES string of the molecule is CN1CCC(Oc2ccc(NC(=O)c3ccc(F)c(F)c3)cn2)CC1. The first-order chi connectivity index (χ1) is 12.0. The third kappa shape index (κ3) is 4.51. The molecule has 7 heteroatoms. The van der Waals surface area contributed by atoms with Gasteiger partial charge in [-0.05, 0) is 44.2 Å². The quantitative estimate of drug-likeness (QED) is 0.923. The Morgan fingerprint density at radius 3 is 2.60 bits per heavy atom. The number of aromatic nitrogens is 1. The topological polar surface area (TPSA) is 54.5 Å². The van der Waals surface area contributed by atoms with E-state index in [1.165, 1.54) is 12.3 Å². The summed E-state index contributed by atoms with van der Waals surface area (Å²) in [6.07, 6.45) is 3.52. The molecular weight excluding hydrogens is 328 g/mol. The Morgan fingerprint density at radius 1 is 1.20 bits per heavy atom. The maximum absolute atomic E-state index is 13.2. The van der Waals surface area contributed by atoms with Crippen LogP contribution in [0.5, 0.6) is 5.88 Å². The maximum Gasteiger partial charge on any atom is 0.255 e. The summed E-state index contributed by atoms with van der Waals surface area (Å²) in [6.45, 7) is 1.99. The van der Waals surface area contributed by atoms with Gasteiger partial charge in [0.15, 0.2) is 11.6 Å². The Labute approximate surface area is 144 Å². The van der Waals surface area contributed by atoms with Crippen molar-refractivity contribution in [2.45, 2.75) is 18.9 Å². The minimum atomic E-state index is -1.06. The summed E-state index contributed by atoms with van der Waals surface area (Å²) in [5.74, 6) is -2.09. The van der Waals surface area contributed by atoms with E-state index in [-0.39, 0.29) is 11.7 Å². The number of carbonyl (C=O) groups excluding carboxylic acids is 1. The minimum absolute atomic E-state index is 0.0329. The molecule has 2 heterocycles. The number of anilines is 1. The molecule has 0 spiro atoms. The number of rotatable bonds is 4. The third-order valence-corrected chi connectivity index (χ3v) is 4.13. The fourth-order valence-electron chi connectivity index (χ4n) is 2.64. The first kappa shape index (κ1) is 17.3. The van der Waals surface area contributed by atoms with Gasteiger partial charge >= 0.3 is 0 Å². The molecule has 0 atom stereocenters. The number of nitrogens with one attached hydrogen (secondary N) is 1.